The van der Waals surface area contributed by atoms with Crippen LogP contribution in [0.2, 0.25) is 15.1 Å². The Kier molecular flexibility index (Phi) is 7.97. The number of nitrogens with one attached hydrogen (secondary N) is 1. The Bertz CT molecular complexity index is 1430. The van der Waals surface area contributed by atoms with Crippen LogP contribution in [0.4, 0.5) is 11.4 Å². The van der Waals surface area contributed by atoms with Gasteiger partial charge in [0.1, 0.15) is 16.7 Å². The molecule has 1 fully saturated rings. The van der Waals surface area contributed by atoms with Crippen LogP contribution in [0.1, 0.15) is 16.7 Å². The Hall–Kier alpha value is -2.95. The van der Waals surface area contributed by atoms with E-state index in [1.54, 1.807) is 48.5 Å². The summed E-state index contributed by atoms with van der Waals surface area (Å²) in [6.07, 6.45) is 0.234. The molecule has 3 aromatic carbocycles. The van der Waals surface area contributed by atoms with E-state index in [-0.39, 0.29) is 22.9 Å². The highest BCUT2D eigenvalue weighted by Crippen LogP contribution is 2.43. The maximum Gasteiger partial charge on any atom is 0.269 e. The van der Waals surface area contributed by atoms with Gasteiger partial charge in [0.2, 0.25) is 5.91 Å². The summed E-state index contributed by atoms with van der Waals surface area (Å²) in [5, 5.41) is 13.5. The molecule has 2 amide bonds. The second-order valence-electron chi connectivity index (χ2n) is 8.18. The third kappa shape index (κ3) is 5.25. The van der Waals surface area contributed by atoms with Crippen molar-refractivity contribution in [3.05, 3.63) is 103 Å². The van der Waals surface area contributed by atoms with E-state index in [2.05, 4.69) is 5.32 Å². The van der Waals surface area contributed by atoms with Gasteiger partial charge in [-0.25, -0.2) is 0 Å². The molecule has 1 aliphatic rings. The Balaban J connectivity index is 1.79. The Labute approximate surface area is 228 Å². The van der Waals surface area contributed by atoms with Crippen molar-refractivity contribution in [3.63, 3.8) is 0 Å². The number of carbonyl (C=O) groups is 2. The smallest absolute Gasteiger partial charge is 0.269 e. The summed E-state index contributed by atoms with van der Waals surface area (Å²) in [6, 6.07) is 19.4. The molecule has 3 aromatic rings. The van der Waals surface area contributed by atoms with E-state index in [0.29, 0.717) is 32.0 Å². The summed E-state index contributed by atoms with van der Waals surface area (Å²) in [5.74, 6) is -0.932. The van der Waals surface area contributed by atoms with Crippen LogP contribution in [-0.4, -0.2) is 17.1 Å². The number of halogens is 3. The number of nitrogens with zero attached hydrogens (tertiary/aromatic N) is 2. The number of carbonyl (C=O) groups excluding carboxylic acids is 2. The molecule has 36 heavy (non-hydrogen) atoms. The van der Waals surface area contributed by atoms with Crippen LogP contribution in [0.3, 0.4) is 0 Å². The molecule has 1 atom stereocenters. The van der Waals surface area contributed by atoms with Gasteiger partial charge in [0.25, 0.3) is 5.91 Å². The van der Waals surface area contributed by atoms with Crippen molar-refractivity contribution in [2.24, 2.45) is 0 Å². The van der Waals surface area contributed by atoms with E-state index in [4.69, 9.17) is 34.8 Å². The van der Waals surface area contributed by atoms with Crippen LogP contribution in [0.15, 0.2) is 71.3 Å². The minimum atomic E-state index is -0.661. The van der Waals surface area contributed by atoms with Gasteiger partial charge < -0.3 is 5.32 Å². The van der Waals surface area contributed by atoms with Gasteiger partial charge in [-0.3, -0.25) is 14.5 Å². The largest absolute Gasteiger partial charge is 0.320 e. The molecular formula is C27H20Cl3N3O2S. The molecule has 0 aliphatic carbocycles. The first-order chi connectivity index (χ1) is 17.2. The monoisotopic (exact) mass is 555 g/mol. The Morgan fingerprint density at radius 1 is 1.00 bits per heavy atom. The molecule has 0 spiro atoms. The zero-order valence-electron chi connectivity index (χ0n) is 19.3. The zero-order valence-corrected chi connectivity index (χ0v) is 22.4. The lowest BCUT2D eigenvalue weighted by Crippen LogP contribution is -2.31. The number of para-hydroxylation sites is 1. The number of anilines is 2. The fraction of sp³-hybridized carbons (Fsp3) is 0.148. The summed E-state index contributed by atoms with van der Waals surface area (Å²) < 4.78 is 0. The van der Waals surface area contributed by atoms with Crippen molar-refractivity contribution >= 4 is 69.8 Å². The highest BCUT2D eigenvalue weighted by atomic mass is 35.5. The number of hydrogen-bond donors (Lipinski definition) is 1. The number of rotatable bonds is 5. The zero-order chi connectivity index (χ0) is 26.0. The number of benzene rings is 3. The van der Waals surface area contributed by atoms with Crippen molar-refractivity contribution in [3.8, 4) is 6.07 Å². The average molecular weight is 557 g/mol. The van der Waals surface area contributed by atoms with Gasteiger partial charge in [0.05, 0.1) is 16.0 Å². The molecule has 5 nitrogen and oxygen atoms in total. The molecular weight excluding hydrogens is 537 g/mol. The predicted molar refractivity (Wildman–Crippen MR) is 148 cm³/mol. The normalized spacial score (nSPS) is 16.6. The molecule has 1 N–H and O–H groups in total. The van der Waals surface area contributed by atoms with Crippen LogP contribution in [0.25, 0.3) is 0 Å². The molecule has 9 heteroatoms. The average Bonchev–Trinajstić information content (AvgIpc) is 3.15. The number of thioether (sulfide) groups is 1. The van der Waals surface area contributed by atoms with Crippen LogP contribution in [-0.2, 0) is 16.0 Å². The summed E-state index contributed by atoms with van der Waals surface area (Å²) in [5.41, 5.74) is 3.40. The van der Waals surface area contributed by atoms with E-state index in [9.17, 15) is 14.9 Å². The predicted octanol–water partition coefficient (Wildman–Crippen LogP) is 7.33. The van der Waals surface area contributed by atoms with Gasteiger partial charge in [-0.05, 0) is 73.4 Å². The van der Waals surface area contributed by atoms with E-state index in [1.165, 1.54) is 4.90 Å². The third-order valence-corrected chi connectivity index (χ3v) is 8.13. The molecule has 0 radical (unpaired) electrons. The number of amides is 2. The molecule has 1 unspecified atom stereocenters. The summed E-state index contributed by atoms with van der Waals surface area (Å²) in [6.45, 7) is 3.91. The SMILES string of the molecule is Cc1ccc(N2C(=O)C(Cc3c(Cl)cccc3Cl)S/C2=C(/C#N)C(=O)Nc2ccccc2Cl)cc1C. The second-order valence-corrected chi connectivity index (χ2v) is 10.6. The van der Waals surface area contributed by atoms with E-state index < -0.39 is 11.2 Å². The van der Waals surface area contributed by atoms with Crippen LogP contribution in [0.5, 0.6) is 0 Å². The molecule has 1 saturated heterocycles. The Morgan fingerprint density at radius 3 is 2.31 bits per heavy atom. The molecule has 0 bridgehead atoms. The van der Waals surface area contributed by atoms with Crippen molar-refractivity contribution in [2.75, 3.05) is 10.2 Å². The lowest BCUT2D eigenvalue weighted by Gasteiger charge is -2.20. The molecule has 0 aromatic heterocycles. The van der Waals surface area contributed by atoms with Crippen LogP contribution >= 0.6 is 46.6 Å². The lowest BCUT2D eigenvalue weighted by molar-refractivity contribution is -0.117. The second kappa shape index (κ2) is 11.0. The maximum absolute atomic E-state index is 13.7. The van der Waals surface area contributed by atoms with Gasteiger partial charge in [0.15, 0.2) is 0 Å². The molecule has 0 saturated carbocycles. The standard InChI is InChI=1S/C27H20Cl3N3O2S/c1-15-10-11-17(12-16(15)2)33-26(35)24(13-18-20(28)7-5-8-21(18)29)36-27(33)19(14-31)25(34)32-23-9-4-3-6-22(23)30/h3-12,24H,13H2,1-2H3,(H,32,34)/b27-19-. The van der Waals surface area contributed by atoms with E-state index >= 15 is 0 Å². The molecule has 1 aliphatic heterocycles. The fourth-order valence-corrected chi connectivity index (χ4v) is 5.76. The van der Waals surface area contributed by atoms with Crippen LogP contribution < -0.4 is 10.2 Å². The van der Waals surface area contributed by atoms with Gasteiger partial charge in [-0.1, -0.05) is 70.8 Å². The van der Waals surface area contributed by atoms with Gasteiger partial charge in [0, 0.05) is 15.7 Å². The number of aryl methyl sites for hydroxylation is 2. The molecule has 182 valence electrons. The molecule has 4 rings (SSSR count). The van der Waals surface area contributed by atoms with E-state index in [0.717, 1.165) is 22.9 Å². The highest BCUT2D eigenvalue weighted by Gasteiger charge is 2.41. The van der Waals surface area contributed by atoms with Crippen molar-refractivity contribution in [1.29, 1.82) is 5.26 Å². The maximum atomic E-state index is 13.7. The van der Waals surface area contributed by atoms with Gasteiger partial charge in [-0.15, -0.1) is 0 Å². The lowest BCUT2D eigenvalue weighted by atomic mass is 10.1. The molecule has 1 heterocycles. The number of nitriles is 1. The van der Waals surface area contributed by atoms with Crippen molar-refractivity contribution in [1.82, 2.24) is 0 Å². The summed E-state index contributed by atoms with van der Waals surface area (Å²) in [4.78, 5) is 28.4. The highest BCUT2D eigenvalue weighted by molar-refractivity contribution is 8.05. The topological polar surface area (TPSA) is 73.2 Å². The minimum absolute atomic E-state index is 0.195. The first kappa shape index (κ1) is 26.1. The number of hydrogen-bond acceptors (Lipinski definition) is 4. The van der Waals surface area contributed by atoms with Gasteiger partial charge >= 0.3 is 0 Å². The summed E-state index contributed by atoms with van der Waals surface area (Å²) in [7, 11) is 0. The first-order valence-corrected chi connectivity index (χ1v) is 12.9. The Morgan fingerprint density at radius 2 is 1.67 bits per heavy atom. The van der Waals surface area contributed by atoms with Gasteiger partial charge in [-0.2, -0.15) is 5.26 Å². The van der Waals surface area contributed by atoms with Crippen molar-refractivity contribution in [2.45, 2.75) is 25.5 Å². The quantitative estimate of drug-likeness (QED) is 0.264. The summed E-state index contributed by atoms with van der Waals surface area (Å²) >= 11 is 20.1. The van der Waals surface area contributed by atoms with Crippen LogP contribution in [0, 0.1) is 25.2 Å². The van der Waals surface area contributed by atoms with Crippen molar-refractivity contribution < 1.29 is 9.59 Å². The fourth-order valence-electron chi connectivity index (χ4n) is 3.75. The van der Waals surface area contributed by atoms with E-state index in [1.807, 2.05) is 32.0 Å². The minimum Gasteiger partial charge on any atom is -0.320 e. The first-order valence-electron chi connectivity index (χ1n) is 10.9. The third-order valence-electron chi connectivity index (χ3n) is 5.83.